The lowest BCUT2D eigenvalue weighted by Crippen LogP contribution is -2.18. The Morgan fingerprint density at radius 3 is 2.35 bits per heavy atom. The van der Waals surface area contributed by atoms with Crippen molar-refractivity contribution in [1.82, 2.24) is 5.32 Å². The second-order valence-corrected chi connectivity index (χ2v) is 4.36. The monoisotopic (exact) mass is 255 g/mol. The van der Waals surface area contributed by atoms with Gasteiger partial charge in [-0.05, 0) is 43.8 Å². The van der Waals surface area contributed by atoms with E-state index in [4.69, 9.17) is 9.47 Å². The summed E-state index contributed by atoms with van der Waals surface area (Å²) >= 11 is 4.28. The van der Waals surface area contributed by atoms with Crippen LogP contribution >= 0.6 is 12.6 Å². The van der Waals surface area contributed by atoms with Gasteiger partial charge in [-0.15, -0.1) is 0 Å². The van der Waals surface area contributed by atoms with E-state index in [1.54, 1.807) is 14.2 Å². The average Bonchev–Trinajstić information content (AvgIpc) is 2.35. The quantitative estimate of drug-likeness (QED) is 0.766. The fraction of sp³-hybridized carbons (Fsp3) is 0.538. The van der Waals surface area contributed by atoms with Gasteiger partial charge in [-0.25, -0.2) is 0 Å². The van der Waals surface area contributed by atoms with Gasteiger partial charge in [0.2, 0.25) is 0 Å². The second-order valence-electron chi connectivity index (χ2n) is 3.92. The maximum absolute atomic E-state index is 5.43. The zero-order valence-electron chi connectivity index (χ0n) is 10.9. The summed E-state index contributed by atoms with van der Waals surface area (Å²) in [4.78, 5) is 0. The minimum Gasteiger partial charge on any atom is -0.496 e. The van der Waals surface area contributed by atoms with Crippen molar-refractivity contribution in [3.63, 3.8) is 0 Å². The number of hydrogen-bond acceptors (Lipinski definition) is 4. The molecule has 0 heterocycles. The molecule has 0 aliphatic carbocycles. The van der Waals surface area contributed by atoms with Crippen LogP contribution in [0.3, 0.4) is 0 Å². The molecule has 1 N–H and O–H groups in total. The smallest absolute Gasteiger partial charge is 0.124 e. The van der Waals surface area contributed by atoms with Crippen LogP contribution in [0.4, 0.5) is 0 Å². The molecule has 96 valence electrons. The number of rotatable bonds is 6. The third kappa shape index (κ3) is 3.30. The molecule has 0 fully saturated rings. The number of aryl methyl sites for hydroxylation is 1. The molecule has 0 bridgehead atoms. The Morgan fingerprint density at radius 1 is 1.24 bits per heavy atom. The molecular weight excluding hydrogens is 234 g/mol. The summed E-state index contributed by atoms with van der Waals surface area (Å²) in [5.41, 5.74) is 2.19. The third-order valence-corrected chi connectivity index (χ3v) is 3.15. The second kappa shape index (κ2) is 6.77. The predicted molar refractivity (Wildman–Crippen MR) is 74.6 cm³/mol. The van der Waals surface area contributed by atoms with Crippen molar-refractivity contribution in [3.8, 4) is 11.5 Å². The van der Waals surface area contributed by atoms with Gasteiger partial charge in [0.15, 0.2) is 0 Å². The van der Waals surface area contributed by atoms with Crippen molar-refractivity contribution < 1.29 is 9.47 Å². The number of hydrogen-bond donors (Lipinski definition) is 2. The average molecular weight is 255 g/mol. The first-order valence-corrected chi connectivity index (χ1v) is 6.31. The van der Waals surface area contributed by atoms with Crippen molar-refractivity contribution in [1.29, 1.82) is 0 Å². The summed E-state index contributed by atoms with van der Waals surface area (Å²) in [6.07, 6.45) is 0.947. The van der Waals surface area contributed by atoms with E-state index >= 15 is 0 Å². The summed E-state index contributed by atoms with van der Waals surface area (Å²) < 4.78 is 10.8. The molecule has 0 saturated heterocycles. The van der Waals surface area contributed by atoms with Gasteiger partial charge in [0.05, 0.1) is 14.2 Å². The van der Waals surface area contributed by atoms with E-state index in [1.807, 2.05) is 26.1 Å². The first kappa shape index (κ1) is 14.2. The summed E-state index contributed by atoms with van der Waals surface area (Å²) in [5, 5.41) is 3.28. The largest absolute Gasteiger partial charge is 0.496 e. The Labute approximate surface area is 109 Å². The molecule has 0 aromatic heterocycles. The van der Waals surface area contributed by atoms with E-state index in [9.17, 15) is 0 Å². The summed E-state index contributed by atoms with van der Waals surface area (Å²) in [6, 6.07) is 4.28. The minimum atomic E-state index is 0.233. The normalized spacial score (nSPS) is 12.3. The van der Waals surface area contributed by atoms with E-state index in [0.717, 1.165) is 34.8 Å². The predicted octanol–water partition coefficient (Wildman–Crippen LogP) is 2.59. The van der Waals surface area contributed by atoms with E-state index in [1.165, 1.54) is 0 Å². The molecule has 0 amide bonds. The minimum absolute atomic E-state index is 0.233. The van der Waals surface area contributed by atoms with Crippen LogP contribution in [0.1, 0.15) is 23.6 Å². The SMILES string of the molecule is CNC(CCS)c1cc(OC)c(C)cc1OC. The summed E-state index contributed by atoms with van der Waals surface area (Å²) in [5.74, 6) is 2.61. The highest BCUT2D eigenvalue weighted by atomic mass is 32.1. The Morgan fingerprint density at radius 2 is 1.88 bits per heavy atom. The van der Waals surface area contributed by atoms with Gasteiger partial charge in [0, 0.05) is 11.6 Å². The Kier molecular flexibility index (Phi) is 5.65. The molecule has 1 aromatic carbocycles. The van der Waals surface area contributed by atoms with Crippen molar-refractivity contribution in [2.45, 2.75) is 19.4 Å². The summed E-state index contributed by atoms with van der Waals surface area (Å²) in [6.45, 7) is 2.01. The highest BCUT2D eigenvalue weighted by Gasteiger charge is 2.16. The molecule has 1 unspecified atom stereocenters. The van der Waals surface area contributed by atoms with Crippen LogP contribution in [0, 0.1) is 6.92 Å². The van der Waals surface area contributed by atoms with Crippen LogP contribution in [-0.2, 0) is 0 Å². The van der Waals surface area contributed by atoms with Crippen LogP contribution in [-0.4, -0.2) is 27.0 Å². The fourth-order valence-corrected chi connectivity index (χ4v) is 2.19. The molecule has 0 radical (unpaired) electrons. The molecule has 0 aliphatic rings. The maximum atomic E-state index is 5.43. The highest BCUT2D eigenvalue weighted by molar-refractivity contribution is 7.80. The fourth-order valence-electron chi connectivity index (χ4n) is 1.93. The molecule has 1 atom stereocenters. The van der Waals surface area contributed by atoms with Gasteiger partial charge in [-0.1, -0.05) is 0 Å². The van der Waals surface area contributed by atoms with E-state index in [-0.39, 0.29) is 6.04 Å². The van der Waals surface area contributed by atoms with Crippen LogP contribution in [0.5, 0.6) is 11.5 Å². The summed E-state index contributed by atoms with van der Waals surface area (Å²) in [7, 11) is 5.32. The number of thiol groups is 1. The van der Waals surface area contributed by atoms with Crippen molar-refractivity contribution >= 4 is 12.6 Å². The lowest BCUT2D eigenvalue weighted by atomic mass is 10.0. The highest BCUT2D eigenvalue weighted by Crippen LogP contribution is 2.33. The zero-order valence-corrected chi connectivity index (χ0v) is 11.8. The van der Waals surface area contributed by atoms with Crippen LogP contribution in [0.15, 0.2) is 12.1 Å². The standard InChI is InChI=1S/C13H21NO2S/c1-9-7-13(16-4)10(8-12(9)15-3)11(14-2)5-6-17/h7-8,11,14,17H,5-6H2,1-4H3. The van der Waals surface area contributed by atoms with Crippen molar-refractivity contribution in [2.75, 3.05) is 27.0 Å². The molecule has 17 heavy (non-hydrogen) atoms. The molecule has 1 aromatic rings. The van der Waals surface area contributed by atoms with Gasteiger partial charge in [-0.3, -0.25) is 0 Å². The zero-order chi connectivity index (χ0) is 12.8. The first-order valence-electron chi connectivity index (χ1n) is 5.68. The lowest BCUT2D eigenvalue weighted by Gasteiger charge is -2.20. The Hall–Kier alpha value is -0.870. The van der Waals surface area contributed by atoms with E-state index in [2.05, 4.69) is 17.9 Å². The Balaban J connectivity index is 3.18. The van der Waals surface area contributed by atoms with Gasteiger partial charge < -0.3 is 14.8 Å². The lowest BCUT2D eigenvalue weighted by molar-refractivity contribution is 0.389. The third-order valence-electron chi connectivity index (χ3n) is 2.89. The van der Waals surface area contributed by atoms with Crippen molar-refractivity contribution in [2.24, 2.45) is 0 Å². The van der Waals surface area contributed by atoms with Gasteiger partial charge >= 0.3 is 0 Å². The number of benzene rings is 1. The van der Waals surface area contributed by atoms with E-state index < -0.39 is 0 Å². The molecule has 0 saturated carbocycles. The van der Waals surface area contributed by atoms with Crippen LogP contribution in [0.25, 0.3) is 0 Å². The van der Waals surface area contributed by atoms with Crippen LogP contribution < -0.4 is 14.8 Å². The maximum Gasteiger partial charge on any atom is 0.124 e. The topological polar surface area (TPSA) is 30.5 Å². The molecule has 0 spiro atoms. The number of nitrogens with one attached hydrogen (secondary N) is 1. The van der Waals surface area contributed by atoms with Gasteiger partial charge in [-0.2, -0.15) is 12.6 Å². The molecule has 3 nitrogen and oxygen atoms in total. The molecule has 4 heteroatoms. The molecular formula is C13H21NO2S. The van der Waals surface area contributed by atoms with Crippen LogP contribution in [0.2, 0.25) is 0 Å². The Bertz CT molecular complexity index is 369. The molecule has 1 rings (SSSR count). The number of methoxy groups -OCH3 is 2. The van der Waals surface area contributed by atoms with Gasteiger partial charge in [0.1, 0.15) is 11.5 Å². The van der Waals surface area contributed by atoms with E-state index in [0.29, 0.717) is 0 Å². The first-order chi connectivity index (χ1) is 8.17. The van der Waals surface area contributed by atoms with Gasteiger partial charge in [0.25, 0.3) is 0 Å². The van der Waals surface area contributed by atoms with Crippen molar-refractivity contribution in [3.05, 3.63) is 23.3 Å². The number of ether oxygens (including phenoxy) is 2. The molecule has 0 aliphatic heterocycles.